The second-order valence-electron chi connectivity index (χ2n) is 11.1. The van der Waals surface area contributed by atoms with Gasteiger partial charge < -0.3 is 14.6 Å². The van der Waals surface area contributed by atoms with E-state index in [1.807, 2.05) is 23.5 Å². The van der Waals surface area contributed by atoms with Gasteiger partial charge in [-0.15, -0.1) is 11.3 Å². The topological polar surface area (TPSA) is 28.4 Å². The predicted octanol–water partition coefficient (Wildman–Crippen LogP) is 11.2. The number of furan rings is 1. The van der Waals surface area contributed by atoms with Crippen molar-refractivity contribution in [2.24, 2.45) is 0 Å². The molecule has 1 aliphatic heterocycles. The summed E-state index contributed by atoms with van der Waals surface area (Å²) >= 11 is 1.83. The number of thiophene rings is 1. The lowest BCUT2D eigenvalue weighted by Crippen LogP contribution is -2.22. The van der Waals surface area contributed by atoms with Crippen LogP contribution in [0.1, 0.15) is 5.56 Å². The summed E-state index contributed by atoms with van der Waals surface area (Å²) in [6.45, 7) is 0. The number of para-hydroxylation sites is 1. The van der Waals surface area contributed by atoms with Crippen LogP contribution in [0.2, 0.25) is 0 Å². The highest BCUT2D eigenvalue weighted by atomic mass is 32.1. The number of allylic oxidation sites excluding steroid dienone is 2. The molecule has 0 fully saturated rings. The van der Waals surface area contributed by atoms with Crippen LogP contribution >= 0.6 is 11.3 Å². The zero-order valence-corrected chi connectivity index (χ0v) is 24.0. The molecule has 1 unspecified atom stereocenters. The first kappa shape index (κ1) is 24.3. The average molecular weight is 571 g/mol. The third-order valence-corrected chi connectivity index (χ3v) is 9.58. The van der Waals surface area contributed by atoms with Crippen LogP contribution in [-0.4, -0.2) is 6.04 Å². The molecule has 4 heteroatoms. The van der Waals surface area contributed by atoms with Gasteiger partial charge in [0.15, 0.2) is 0 Å². The largest absolute Gasteiger partial charge is 0.456 e. The van der Waals surface area contributed by atoms with Gasteiger partial charge >= 0.3 is 0 Å². The highest BCUT2D eigenvalue weighted by molar-refractivity contribution is 7.23. The molecule has 2 aromatic heterocycles. The molecule has 9 rings (SSSR count). The Balaban J connectivity index is 1.20. The average Bonchev–Trinajstić information content (AvgIpc) is 3.61. The van der Waals surface area contributed by atoms with E-state index in [9.17, 15) is 0 Å². The van der Waals surface area contributed by atoms with E-state index >= 15 is 0 Å². The van der Waals surface area contributed by atoms with Crippen LogP contribution in [0.5, 0.6) is 0 Å². The van der Waals surface area contributed by atoms with Gasteiger partial charge in [-0.05, 0) is 71.3 Å². The summed E-state index contributed by atoms with van der Waals surface area (Å²) in [6.07, 6.45) is 11.0. The number of rotatable bonds is 4. The Hall–Kier alpha value is -5.32. The molecule has 1 atom stereocenters. The number of fused-ring (bicyclic) bond motifs is 7. The Kier molecular flexibility index (Phi) is 5.43. The first-order valence-corrected chi connectivity index (χ1v) is 15.4. The number of benzene rings is 5. The molecule has 2 aliphatic rings. The molecule has 1 aliphatic carbocycles. The van der Waals surface area contributed by atoms with Gasteiger partial charge in [-0.25, -0.2) is 0 Å². The van der Waals surface area contributed by atoms with E-state index in [1.54, 1.807) is 0 Å². The fourth-order valence-electron chi connectivity index (χ4n) is 6.36. The third-order valence-electron chi connectivity index (χ3n) is 8.48. The van der Waals surface area contributed by atoms with Crippen LogP contribution in [0.25, 0.3) is 49.2 Å². The molecule has 5 aromatic carbocycles. The third kappa shape index (κ3) is 4.03. The van der Waals surface area contributed by atoms with Gasteiger partial charge in [0.25, 0.3) is 0 Å². The highest BCUT2D eigenvalue weighted by Crippen LogP contribution is 2.45. The number of nitrogens with one attached hydrogen (secondary N) is 1. The van der Waals surface area contributed by atoms with Crippen molar-refractivity contribution < 1.29 is 4.42 Å². The number of nitrogens with zero attached hydrogens (tertiary/aromatic N) is 1. The van der Waals surface area contributed by atoms with Crippen LogP contribution in [0.4, 0.5) is 22.1 Å². The van der Waals surface area contributed by atoms with Crippen molar-refractivity contribution in [3.05, 3.63) is 151 Å². The fraction of sp³-hybridized carbons (Fsp3) is 0.0256. The number of hydrogen-bond acceptors (Lipinski definition) is 4. The monoisotopic (exact) mass is 570 g/mol. The van der Waals surface area contributed by atoms with Crippen molar-refractivity contribution in [2.45, 2.75) is 6.04 Å². The summed E-state index contributed by atoms with van der Waals surface area (Å²) in [5.41, 5.74) is 10.1. The molecule has 0 radical (unpaired) electrons. The SMILES string of the molecule is C1=CC2=Cc3c(sc4cc(N(c5ccc(-c6ccccc6)cc5)c5ccc6oc7ccccc7c6c5)ccc34)NC2C=C1. The van der Waals surface area contributed by atoms with Crippen molar-refractivity contribution in [3.63, 3.8) is 0 Å². The van der Waals surface area contributed by atoms with Crippen LogP contribution in [0, 0.1) is 0 Å². The lowest BCUT2D eigenvalue weighted by atomic mass is 9.95. The molecule has 1 N–H and O–H groups in total. The standard InChI is InChI=1S/C39H26N2OS/c1-2-8-25(9-3-1)26-14-16-28(17-15-26)41(29-19-21-37-33(23-29)31-11-5-7-13-36(31)42-37)30-18-20-32-34-22-27-10-4-6-12-35(27)40-39(34)43-38(32)24-30/h1-24,35,40H. The van der Waals surface area contributed by atoms with Gasteiger partial charge in [0.2, 0.25) is 0 Å². The van der Waals surface area contributed by atoms with Crippen LogP contribution in [0.3, 0.4) is 0 Å². The van der Waals surface area contributed by atoms with E-state index in [0.717, 1.165) is 39.0 Å². The maximum Gasteiger partial charge on any atom is 0.135 e. The maximum atomic E-state index is 6.17. The number of hydrogen-bond donors (Lipinski definition) is 1. The zero-order chi connectivity index (χ0) is 28.3. The van der Waals surface area contributed by atoms with E-state index in [2.05, 4.69) is 144 Å². The minimum absolute atomic E-state index is 0.237. The van der Waals surface area contributed by atoms with Crippen molar-refractivity contribution in [1.82, 2.24) is 0 Å². The second-order valence-corrected chi connectivity index (χ2v) is 12.1. The first-order valence-electron chi connectivity index (χ1n) is 14.5. The fourth-order valence-corrected chi connectivity index (χ4v) is 7.51. The molecule has 7 aromatic rings. The molecule has 0 bridgehead atoms. The summed E-state index contributed by atoms with van der Waals surface area (Å²) in [6, 6.07) is 41.3. The summed E-state index contributed by atoms with van der Waals surface area (Å²) in [4.78, 5) is 2.35. The molecular formula is C39H26N2OS. The van der Waals surface area contributed by atoms with Crippen molar-refractivity contribution in [2.75, 3.05) is 10.2 Å². The van der Waals surface area contributed by atoms with Gasteiger partial charge in [0, 0.05) is 43.5 Å². The molecule has 3 heterocycles. The Morgan fingerprint density at radius 3 is 2.28 bits per heavy atom. The minimum atomic E-state index is 0.237. The summed E-state index contributed by atoms with van der Waals surface area (Å²) in [5.74, 6) is 0. The minimum Gasteiger partial charge on any atom is -0.456 e. The summed E-state index contributed by atoms with van der Waals surface area (Å²) in [5, 5.41) is 8.50. The molecule has 204 valence electrons. The predicted molar refractivity (Wildman–Crippen MR) is 183 cm³/mol. The van der Waals surface area contributed by atoms with E-state index in [0.29, 0.717) is 0 Å². The molecule has 0 saturated carbocycles. The van der Waals surface area contributed by atoms with Gasteiger partial charge in [-0.1, -0.05) is 91.0 Å². The quantitative estimate of drug-likeness (QED) is 0.228. The molecule has 43 heavy (non-hydrogen) atoms. The van der Waals surface area contributed by atoms with Crippen LogP contribution in [0.15, 0.2) is 150 Å². The van der Waals surface area contributed by atoms with Crippen LogP contribution in [-0.2, 0) is 0 Å². The van der Waals surface area contributed by atoms with Crippen LogP contribution < -0.4 is 10.2 Å². The smallest absolute Gasteiger partial charge is 0.135 e. The zero-order valence-electron chi connectivity index (χ0n) is 23.2. The van der Waals surface area contributed by atoms with Gasteiger partial charge in [-0.2, -0.15) is 0 Å². The van der Waals surface area contributed by atoms with Crippen molar-refractivity contribution in [1.29, 1.82) is 0 Å². The van der Waals surface area contributed by atoms with Crippen molar-refractivity contribution >= 4 is 71.5 Å². The number of anilines is 4. The Labute approximate surface area is 253 Å². The van der Waals surface area contributed by atoms with Gasteiger partial charge in [-0.3, -0.25) is 0 Å². The van der Waals surface area contributed by atoms with Gasteiger partial charge in [0.1, 0.15) is 11.2 Å². The molecule has 3 nitrogen and oxygen atoms in total. The normalized spacial score (nSPS) is 15.3. The Morgan fingerprint density at radius 2 is 1.37 bits per heavy atom. The Morgan fingerprint density at radius 1 is 0.628 bits per heavy atom. The molecular weight excluding hydrogens is 545 g/mol. The Bertz CT molecular complexity index is 2270. The summed E-state index contributed by atoms with van der Waals surface area (Å²) in [7, 11) is 0. The lowest BCUT2D eigenvalue weighted by molar-refractivity contribution is 0.669. The van der Waals surface area contributed by atoms with E-state index in [1.165, 1.54) is 37.4 Å². The van der Waals surface area contributed by atoms with E-state index in [-0.39, 0.29) is 6.04 Å². The molecule has 0 spiro atoms. The highest BCUT2D eigenvalue weighted by Gasteiger charge is 2.23. The molecule has 0 saturated heterocycles. The maximum absolute atomic E-state index is 6.17. The molecule has 0 amide bonds. The van der Waals surface area contributed by atoms with Crippen molar-refractivity contribution in [3.8, 4) is 11.1 Å². The van der Waals surface area contributed by atoms with Gasteiger partial charge in [0.05, 0.1) is 11.0 Å². The second kappa shape index (κ2) is 9.62. The van der Waals surface area contributed by atoms with E-state index < -0.39 is 0 Å². The lowest BCUT2D eigenvalue weighted by Gasteiger charge is -2.26. The first-order chi connectivity index (χ1) is 21.3. The summed E-state index contributed by atoms with van der Waals surface area (Å²) < 4.78 is 7.43. The van der Waals surface area contributed by atoms with E-state index in [4.69, 9.17) is 4.42 Å².